The van der Waals surface area contributed by atoms with Crippen molar-refractivity contribution in [3.63, 3.8) is 0 Å². The lowest BCUT2D eigenvalue weighted by molar-refractivity contribution is -0.138. The second-order valence-electron chi connectivity index (χ2n) is 3.96. The van der Waals surface area contributed by atoms with Gasteiger partial charge in [0.2, 0.25) is 0 Å². The van der Waals surface area contributed by atoms with Gasteiger partial charge in [-0.2, -0.15) is 0 Å². The van der Waals surface area contributed by atoms with E-state index in [0.717, 1.165) is 5.75 Å². The summed E-state index contributed by atoms with van der Waals surface area (Å²) in [6.45, 7) is 1.37. The van der Waals surface area contributed by atoms with E-state index in [1.807, 2.05) is 0 Å². The van der Waals surface area contributed by atoms with E-state index in [1.165, 1.54) is 0 Å². The largest absolute Gasteiger partial charge is 0.494 e. The summed E-state index contributed by atoms with van der Waals surface area (Å²) in [5.74, 6) is 2.31. The average molecular weight is 282 g/mol. The van der Waals surface area contributed by atoms with Gasteiger partial charge in [-0.3, -0.25) is 9.69 Å². The maximum atomic E-state index is 10.6. The van der Waals surface area contributed by atoms with Crippen molar-refractivity contribution in [1.29, 1.82) is 0 Å². The Bertz CT molecular complexity index is 439. The Hall–Kier alpha value is -1.70. The van der Waals surface area contributed by atoms with Crippen LogP contribution in [0.5, 0.6) is 5.75 Å². The highest BCUT2D eigenvalue weighted by molar-refractivity contribution is 6.30. The molecule has 0 aliphatic heterocycles. The highest BCUT2D eigenvalue weighted by Gasteiger charge is 2.07. The van der Waals surface area contributed by atoms with E-state index in [1.54, 1.807) is 29.2 Å². The number of rotatable bonds is 8. The summed E-state index contributed by atoms with van der Waals surface area (Å²) in [6.07, 6.45) is 5.89. The fourth-order valence-electron chi connectivity index (χ4n) is 1.54. The Morgan fingerprint density at radius 3 is 2.68 bits per heavy atom. The predicted molar refractivity (Wildman–Crippen MR) is 74.5 cm³/mol. The molecule has 1 aromatic carbocycles. The number of halogens is 1. The van der Waals surface area contributed by atoms with Crippen LogP contribution >= 0.6 is 11.6 Å². The Balaban J connectivity index is 2.26. The van der Waals surface area contributed by atoms with Crippen molar-refractivity contribution in [1.82, 2.24) is 4.90 Å². The summed E-state index contributed by atoms with van der Waals surface area (Å²) in [5, 5.41) is 9.38. The van der Waals surface area contributed by atoms with Crippen LogP contribution in [0.3, 0.4) is 0 Å². The molecule has 0 saturated heterocycles. The van der Waals surface area contributed by atoms with E-state index in [4.69, 9.17) is 27.9 Å². The molecule has 0 aliphatic carbocycles. The monoisotopic (exact) mass is 281 g/mol. The fraction of sp³-hybridized carbons (Fsp3) is 0.357. The van der Waals surface area contributed by atoms with Crippen LogP contribution in [0.4, 0.5) is 0 Å². The first-order chi connectivity index (χ1) is 9.11. The Labute approximate surface area is 117 Å². The molecule has 0 heterocycles. The normalized spacial score (nSPS) is 10.2. The number of carbonyl (C=O) groups is 1. The van der Waals surface area contributed by atoms with Gasteiger partial charge in [-0.25, -0.2) is 0 Å². The summed E-state index contributed by atoms with van der Waals surface area (Å²) in [7, 11) is 0. The van der Waals surface area contributed by atoms with Crippen LogP contribution in [0.1, 0.15) is 6.42 Å². The molecule has 102 valence electrons. The van der Waals surface area contributed by atoms with Crippen LogP contribution in [-0.4, -0.2) is 42.2 Å². The molecule has 0 aromatic heterocycles. The van der Waals surface area contributed by atoms with Crippen molar-refractivity contribution in [3.8, 4) is 18.1 Å². The number of nitrogens with zero attached hydrogens (tertiary/aromatic N) is 1. The smallest absolute Gasteiger partial charge is 0.317 e. The van der Waals surface area contributed by atoms with E-state index in [9.17, 15) is 4.79 Å². The first-order valence-corrected chi connectivity index (χ1v) is 6.25. The van der Waals surface area contributed by atoms with E-state index >= 15 is 0 Å². The number of carboxylic acid groups (broad SMARTS) is 1. The minimum atomic E-state index is -0.881. The summed E-state index contributed by atoms with van der Waals surface area (Å²) >= 11 is 5.76. The number of hydrogen-bond donors (Lipinski definition) is 1. The predicted octanol–water partition coefficient (Wildman–Crippen LogP) is 2.13. The molecule has 5 heteroatoms. The lowest BCUT2D eigenvalue weighted by Gasteiger charge is -2.17. The molecule has 0 fully saturated rings. The van der Waals surface area contributed by atoms with Crippen LogP contribution in [0.25, 0.3) is 0 Å². The van der Waals surface area contributed by atoms with Gasteiger partial charge in [0.15, 0.2) is 0 Å². The van der Waals surface area contributed by atoms with Gasteiger partial charge < -0.3 is 9.84 Å². The SMILES string of the molecule is C#CCN(CCCOc1ccc(Cl)cc1)CC(=O)O. The summed E-state index contributed by atoms with van der Waals surface area (Å²) in [6, 6.07) is 7.09. The number of carboxylic acids is 1. The maximum absolute atomic E-state index is 10.6. The Morgan fingerprint density at radius 2 is 2.11 bits per heavy atom. The Kier molecular flexibility index (Phi) is 6.80. The molecular formula is C14H16ClNO3. The lowest BCUT2D eigenvalue weighted by atomic mass is 10.3. The molecule has 4 nitrogen and oxygen atoms in total. The minimum absolute atomic E-state index is 0.0505. The molecule has 19 heavy (non-hydrogen) atoms. The van der Waals surface area contributed by atoms with Gasteiger partial charge >= 0.3 is 5.97 Å². The standard InChI is InChI=1S/C14H16ClNO3/c1-2-8-16(11-14(17)18)9-3-10-19-13-6-4-12(15)5-7-13/h1,4-7H,3,8-11H2,(H,17,18). The van der Waals surface area contributed by atoms with Crippen molar-refractivity contribution < 1.29 is 14.6 Å². The molecule has 0 spiro atoms. The Morgan fingerprint density at radius 1 is 1.42 bits per heavy atom. The van der Waals surface area contributed by atoms with Crippen molar-refractivity contribution in [3.05, 3.63) is 29.3 Å². The molecule has 0 atom stereocenters. The van der Waals surface area contributed by atoms with Crippen LogP contribution in [0.2, 0.25) is 5.02 Å². The highest BCUT2D eigenvalue weighted by Crippen LogP contribution is 2.15. The number of benzene rings is 1. The number of aliphatic carboxylic acids is 1. The molecule has 0 aliphatic rings. The first kappa shape index (κ1) is 15.4. The summed E-state index contributed by atoms with van der Waals surface area (Å²) in [5.41, 5.74) is 0. The molecular weight excluding hydrogens is 266 g/mol. The van der Waals surface area contributed by atoms with Crippen molar-refractivity contribution in [2.45, 2.75) is 6.42 Å². The molecule has 1 rings (SSSR count). The van der Waals surface area contributed by atoms with Gasteiger partial charge in [0, 0.05) is 11.6 Å². The summed E-state index contributed by atoms with van der Waals surface area (Å²) < 4.78 is 5.51. The average Bonchev–Trinajstić information content (AvgIpc) is 2.36. The van der Waals surface area contributed by atoms with E-state index in [-0.39, 0.29) is 6.54 Å². The molecule has 1 aromatic rings. The topological polar surface area (TPSA) is 49.8 Å². The second kappa shape index (κ2) is 8.41. The molecule has 0 radical (unpaired) electrons. The van der Waals surface area contributed by atoms with Crippen molar-refractivity contribution >= 4 is 17.6 Å². The van der Waals surface area contributed by atoms with Crippen LogP contribution in [0.15, 0.2) is 24.3 Å². The van der Waals surface area contributed by atoms with Gasteiger partial charge in [0.1, 0.15) is 5.75 Å². The third kappa shape index (κ3) is 6.70. The third-order valence-corrected chi connectivity index (χ3v) is 2.63. The number of hydrogen-bond acceptors (Lipinski definition) is 3. The zero-order valence-corrected chi connectivity index (χ0v) is 11.3. The molecule has 1 N–H and O–H groups in total. The van der Waals surface area contributed by atoms with Crippen molar-refractivity contribution in [2.75, 3.05) is 26.2 Å². The summed E-state index contributed by atoms with van der Waals surface area (Å²) in [4.78, 5) is 12.3. The van der Waals surface area contributed by atoms with Crippen LogP contribution < -0.4 is 4.74 Å². The van der Waals surface area contributed by atoms with Crippen LogP contribution in [-0.2, 0) is 4.79 Å². The quantitative estimate of drug-likeness (QED) is 0.586. The zero-order valence-electron chi connectivity index (χ0n) is 10.5. The van der Waals surface area contributed by atoms with E-state index in [0.29, 0.717) is 31.1 Å². The van der Waals surface area contributed by atoms with Crippen molar-refractivity contribution in [2.24, 2.45) is 0 Å². The zero-order chi connectivity index (χ0) is 14.1. The van der Waals surface area contributed by atoms with Gasteiger partial charge in [0.25, 0.3) is 0 Å². The van der Waals surface area contributed by atoms with Crippen LogP contribution in [0, 0.1) is 12.3 Å². The van der Waals surface area contributed by atoms with Gasteiger partial charge in [-0.1, -0.05) is 17.5 Å². The van der Waals surface area contributed by atoms with Gasteiger partial charge in [-0.15, -0.1) is 6.42 Å². The molecule has 0 bridgehead atoms. The first-order valence-electron chi connectivity index (χ1n) is 5.88. The number of ether oxygens (including phenoxy) is 1. The maximum Gasteiger partial charge on any atom is 0.317 e. The van der Waals surface area contributed by atoms with E-state index < -0.39 is 5.97 Å². The minimum Gasteiger partial charge on any atom is -0.494 e. The second-order valence-corrected chi connectivity index (χ2v) is 4.40. The highest BCUT2D eigenvalue weighted by atomic mass is 35.5. The van der Waals surface area contributed by atoms with E-state index in [2.05, 4.69) is 5.92 Å². The fourth-order valence-corrected chi connectivity index (χ4v) is 1.67. The molecule has 0 unspecified atom stereocenters. The molecule has 0 amide bonds. The van der Waals surface area contributed by atoms with Gasteiger partial charge in [0.05, 0.1) is 19.7 Å². The number of terminal acetylenes is 1. The lowest BCUT2D eigenvalue weighted by Crippen LogP contribution is -2.31. The van der Waals surface area contributed by atoms with Gasteiger partial charge in [-0.05, 0) is 30.7 Å². The molecule has 0 saturated carbocycles. The third-order valence-electron chi connectivity index (χ3n) is 2.37.